The Labute approximate surface area is 150 Å². The molecule has 1 N–H and O–H groups in total. The Kier molecular flexibility index (Phi) is 4.92. The van der Waals surface area contributed by atoms with Crippen molar-refractivity contribution in [2.24, 2.45) is 0 Å². The second-order valence-electron chi connectivity index (χ2n) is 6.13. The molecule has 0 aliphatic rings. The van der Waals surface area contributed by atoms with E-state index in [1.165, 1.54) is 17.6 Å². The van der Waals surface area contributed by atoms with E-state index in [2.05, 4.69) is 23.7 Å². The zero-order chi connectivity index (χ0) is 18.1. The summed E-state index contributed by atoms with van der Waals surface area (Å²) in [6.45, 7) is 10.1. The van der Waals surface area contributed by atoms with Gasteiger partial charge in [-0.1, -0.05) is 13.8 Å². The number of phenolic OH excluding ortho intramolecular Hbond substituents is 1. The van der Waals surface area contributed by atoms with Crippen LogP contribution in [-0.4, -0.2) is 28.1 Å². The SMILES string of the molecule is CCN(CC)Cc1c(O)cc(C)c2c(=O)c(-c3nc(C)cs3)coc12. The number of rotatable bonds is 5. The first-order valence-corrected chi connectivity index (χ1v) is 9.26. The molecule has 0 unspecified atom stereocenters. The molecule has 2 heterocycles. The first-order valence-electron chi connectivity index (χ1n) is 8.38. The van der Waals surface area contributed by atoms with Gasteiger partial charge in [-0.15, -0.1) is 11.3 Å². The molecule has 0 spiro atoms. The molecule has 3 aromatic rings. The van der Waals surface area contributed by atoms with Crippen LogP contribution in [0.5, 0.6) is 5.75 Å². The van der Waals surface area contributed by atoms with Crippen LogP contribution in [0.25, 0.3) is 21.5 Å². The fourth-order valence-corrected chi connectivity index (χ4v) is 3.78. The number of aromatic nitrogens is 1. The lowest BCUT2D eigenvalue weighted by atomic mass is 10.0. The predicted molar refractivity (Wildman–Crippen MR) is 101 cm³/mol. The monoisotopic (exact) mass is 358 g/mol. The van der Waals surface area contributed by atoms with Crippen molar-refractivity contribution in [3.05, 3.63) is 44.8 Å². The third-order valence-electron chi connectivity index (χ3n) is 4.45. The summed E-state index contributed by atoms with van der Waals surface area (Å²) in [6.07, 6.45) is 1.47. The van der Waals surface area contributed by atoms with Crippen molar-refractivity contribution in [3.63, 3.8) is 0 Å². The molecule has 25 heavy (non-hydrogen) atoms. The Morgan fingerprint density at radius 1 is 1.28 bits per heavy atom. The van der Waals surface area contributed by atoms with Crippen molar-refractivity contribution >= 4 is 22.3 Å². The standard InChI is InChI=1S/C19H22N2O3S/c1-5-21(6-2)8-13-15(22)7-11(3)16-17(23)14(9-24-18(13)16)19-20-12(4)10-25-19/h7,9-10,22H,5-6,8H2,1-4H3. The lowest BCUT2D eigenvalue weighted by Crippen LogP contribution is -2.22. The summed E-state index contributed by atoms with van der Waals surface area (Å²) in [5.74, 6) is 0.165. The van der Waals surface area contributed by atoms with Crippen LogP contribution >= 0.6 is 11.3 Å². The number of benzene rings is 1. The number of aryl methyl sites for hydroxylation is 2. The van der Waals surface area contributed by atoms with Gasteiger partial charge in [0.1, 0.15) is 22.6 Å². The van der Waals surface area contributed by atoms with Gasteiger partial charge < -0.3 is 9.52 Å². The average Bonchev–Trinajstić information content (AvgIpc) is 3.01. The van der Waals surface area contributed by atoms with Crippen LogP contribution in [0.1, 0.15) is 30.7 Å². The van der Waals surface area contributed by atoms with Gasteiger partial charge in [0, 0.05) is 17.6 Å². The number of hydrogen-bond donors (Lipinski definition) is 1. The molecule has 0 amide bonds. The Morgan fingerprint density at radius 2 is 2.00 bits per heavy atom. The Hall–Kier alpha value is -2.18. The summed E-state index contributed by atoms with van der Waals surface area (Å²) in [7, 11) is 0. The summed E-state index contributed by atoms with van der Waals surface area (Å²) < 4.78 is 5.85. The van der Waals surface area contributed by atoms with Gasteiger partial charge >= 0.3 is 0 Å². The summed E-state index contributed by atoms with van der Waals surface area (Å²) in [4.78, 5) is 19.6. The molecule has 0 fully saturated rings. The zero-order valence-electron chi connectivity index (χ0n) is 14.9. The van der Waals surface area contributed by atoms with E-state index in [1.807, 2.05) is 19.2 Å². The number of nitrogens with zero attached hydrogens (tertiary/aromatic N) is 2. The van der Waals surface area contributed by atoms with Crippen molar-refractivity contribution in [1.29, 1.82) is 0 Å². The van der Waals surface area contributed by atoms with E-state index in [1.54, 1.807) is 6.07 Å². The van der Waals surface area contributed by atoms with E-state index >= 15 is 0 Å². The van der Waals surface area contributed by atoms with Gasteiger partial charge in [-0.2, -0.15) is 0 Å². The van der Waals surface area contributed by atoms with Crippen molar-refractivity contribution in [1.82, 2.24) is 9.88 Å². The molecule has 0 radical (unpaired) electrons. The fraction of sp³-hybridized carbons (Fsp3) is 0.368. The Bertz CT molecular complexity index is 971. The molecule has 0 aliphatic heterocycles. The maximum Gasteiger partial charge on any atom is 0.203 e. The van der Waals surface area contributed by atoms with Crippen LogP contribution in [0.2, 0.25) is 0 Å². The first kappa shape index (κ1) is 17.6. The highest BCUT2D eigenvalue weighted by molar-refractivity contribution is 7.13. The molecule has 0 bridgehead atoms. The van der Waals surface area contributed by atoms with Crippen molar-refractivity contribution in [3.8, 4) is 16.3 Å². The van der Waals surface area contributed by atoms with Crippen molar-refractivity contribution in [2.75, 3.05) is 13.1 Å². The summed E-state index contributed by atoms with van der Waals surface area (Å²) >= 11 is 1.43. The molecule has 3 rings (SSSR count). The Morgan fingerprint density at radius 3 is 2.60 bits per heavy atom. The van der Waals surface area contributed by atoms with Gasteiger partial charge in [-0.3, -0.25) is 9.69 Å². The number of hydrogen-bond acceptors (Lipinski definition) is 6. The van der Waals surface area contributed by atoms with E-state index in [0.717, 1.165) is 18.8 Å². The second kappa shape index (κ2) is 6.98. The molecule has 1 aromatic carbocycles. The fourth-order valence-electron chi connectivity index (χ4n) is 2.98. The smallest absolute Gasteiger partial charge is 0.203 e. The normalized spacial score (nSPS) is 11.6. The van der Waals surface area contributed by atoms with E-state index in [4.69, 9.17) is 4.42 Å². The van der Waals surface area contributed by atoms with Crippen LogP contribution in [0, 0.1) is 13.8 Å². The van der Waals surface area contributed by atoms with Crippen LogP contribution in [0.3, 0.4) is 0 Å². The minimum absolute atomic E-state index is 0.103. The van der Waals surface area contributed by atoms with Crippen LogP contribution in [0.15, 0.2) is 26.9 Å². The molecule has 132 valence electrons. The molecule has 0 saturated carbocycles. The molecule has 0 aliphatic carbocycles. The maximum atomic E-state index is 13.1. The third-order valence-corrected chi connectivity index (χ3v) is 5.44. The number of fused-ring (bicyclic) bond motifs is 1. The summed E-state index contributed by atoms with van der Waals surface area (Å²) in [5, 5.41) is 13.5. The van der Waals surface area contributed by atoms with Gasteiger partial charge in [0.2, 0.25) is 5.43 Å². The number of aromatic hydroxyl groups is 1. The molecule has 5 nitrogen and oxygen atoms in total. The van der Waals surface area contributed by atoms with Gasteiger partial charge in [-0.25, -0.2) is 4.98 Å². The van der Waals surface area contributed by atoms with E-state index in [0.29, 0.717) is 39.2 Å². The first-order chi connectivity index (χ1) is 12.0. The minimum atomic E-state index is -0.103. The summed E-state index contributed by atoms with van der Waals surface area (Å²) in [6, 6.07) is 1.65. The predicted octanol–water partition coefficient (Wildman–Crippen LogP) is 4.08. The lowest BCUT2D eigenvalue weighted by molar-refractivity contribution is 0.290. The van der Waals surface area contributed by atoms with E-state index < -0.39 is 0 Å². The van der Waals surface area contributed by atoms with Gasteiger partial charge in [0.05, 0.1) is 16.5 Å². The minimum Gasteiger partial charge on any atom is -0.507 e. The summed E-state index contributed by atoms with van der Waals surface area (Å²) in [5.41, 5.74) is 3.07. The molecular formula is C19H22N2O3S. The van der Waals surface area contributed by atoms with Crippen molar-refractivity contribution in [2.45, 2.75) is 34.2 Å². The highest BCUT2D eigenvalue weighted by atomic mass is 32.1. The van der Waals surface area contributed by atoms with E-state index in [-0.39, 0.29) is 11.2 Å². The van der Waals surface area contributed by atoms with Gasteiger partial charge in [0.15, 0.2) is 0 Å². The molecule has 0 atom stereocenters. The van der Waals surface area contributed by atoms with Crippen LogP contribution < -0.4 is 5.43 Å². The largest absolute Gasteiger partial charge is 0.507 e. The maximum absolute atomic E-state index is 13.1. The third kappa shape index (κ3) is 3.19. The lowest BCUT2D eigenvalue weighted by Gasteiger charge is -2.20. The second-order valence-corrected chi connectivity index (χ2v) is 6.99. The highest BCUT2D eigenvalue weighted by Gasteiger charge is 2.19. The van der Waals surface area contributed by atoms with Crippen molar-refractivity contribution < 1.29 is 9.52 Å². The number of thiazole rings is 1. The molecule has 2 aromatic heterocycles. The topological polar surface area (TPSA) is 66.6 Å². The molecular weight excluding hydrogens is 336 g/mol. The van der Waals surface area contributed by atoms with E-state index in [9.17, 15) is 9.90 Å². The molecule has 0 saturated heterocycles. The van der Waals surface area contributed by atoms with Gasteiger partial charge in [-0.05, 0) is 38.6 Å². The molecule has 6 heteroatoms. The quantitative estimate of drug-likeness (QED) is 0.744. The highest BCUT2D eigenvalue weighted by Crippen LogP contribution is 2.32. The Balaban J connectivity index is 2.24. The van der Waals surface area contributed by atoms with Crippen LogP contribution in [0.4, 0.5) is 0 Å². The number of phenols is 1. The zero-order valence-corrected chi connectivity index (χ0v) is 15.7. The average molecular weight is 358 g/mol. The van der Waals surface area contributed by atoms with Gasteiger partial charge in [0.25, 0.3) is 0 Å². The van der Waals surface area contributed by atoms with Crippen LogP contribution in [-0.2, 0) is 6.54 Å².